The number of amides is 1. The molecule has 1 unspecified atom stereocenters. The lowest BCUT2D eigenvalue weighted by molar-refractivity contribution is -0.139. The smallest absolute Gasteiger partial charge is 0.326 e. The summed E-state index contributed by atoms with van der Waals surface area (Å²) >= 11 is 0. The van der Waals surface area contributed by atoms with E-state index in [2.05, 4.69) is 10.3 Å². The highest BCUT2D eigenvalue weighted by Crippen LogP contribution is 2.40. The molecule has 6 heteroatoms. The second-order valence-electron chi connectivity index (χ2n) is 6.54. The summed E-state index contributed by atoms with van der Waals surface area (Å²) in [7, 11) is 1.50. The van der Waals surface area contributed by atoms with Crippen LogP contribution in [-0.2, 0) is 9.53 Å². The van der Waals surface area contributed by atoms with Crippen LogP contribution in [0.25, 0.3) is 10.9 Å². The number of hydrogen-bond acceptors (Lipinski definition) is 4. The lowest BCUT2D eigenvalue weighted by Gasteiger charge is -2.16. The van der Waals surface area contributed by atoms with Gasteiger partial charge in [-0.15, -0.1) is 0 Å². The Hall–Kier alpha value is -2.47. The summed E-state index contributed by atoms with van der Waals surface area (Å²) in [5.41, 5.74) is 3.19. The number of methoxy groups -OCH3 is 1. The molecule has 1 fully saturated rings. The van der Waals surface area contributed by atoms with E-state index in [4.69, 9.17) is 4.74 Å². The number of benzene rings is 1. The van der Waals surface area contributed by atoms with Gasteiger partial charge in [0, 0.05) is 37.1 Å². The zero-order chi connectivity index (χ0) is 18.0. The van der Waals surface area contributed by atoms with Crippen molar-refractivity contribution in [1.29, 1.82) is 0 Å². The molecule has 6 nitrogen and oxygen atoms in total. The number of carboxylic acid groups (broad SMARTS) is 1. The van der Waals surface area contributed by atoms with Crippen molar-refractivity contribution in [2.24, 2.45) is 0 Å². The molecule has 1 aromatic heterocycles. The van der Waals surface area contributed by atoms with Crippen LogP contribution in [0.4, 0.5) is 0 Å². The van der Waals surface area contributed by atoms with Gasteiger partial charge in [0.1, 0.15) is 6.04 Å². The van der Waals surface area contributed by atoms with E-state index in [-0.39, 0.29) is 18.9 Å². The molecule has 2 aromatic rings. The first-order valence-corrected chi connectivity index (χ1v) is 8.43. The predicted octanol–water partition coefficient (Wildman–Crippen LogP) is 2.64. The van der Waals surface area contributed by atoms with Gasteiger partial charge in [-0.2, -0.15) is 0 Å². The minimum atomic E-state index is -1.07. The maximum atomic E-state index is 12.8. The van der Waals surface area contributed by atoms with Crippen LogP contribution in [0.3, 0.4) is 0 Å². The van der Waals surface area contributed by atoms with Gasteiger partial charge >= 0.3 is 5.97 Å². The number of rotatable bonds is 7. The molecule has 1 aliphatic carbocycles. The van der Waals surface area contributed by atoms with Crippen molar-refractivity contribution in [3.05, 3.63) is 41.1 Å². The van der Waals surface area contributed by atoms with Gasteiger partial charge in [-0.25, -0.2) is 4.79 Å². The van der Waals surface area contributed by atoms with Gasteiger partial charge in [-0.05, 0) is 38.0 Å². The number of nitrogens with zero attached hydrogens (tertiary/aromatic N) is 1. The Morgan fingerprint density at radius 1 is 1.36 bits per heavy atom. The lowest BCUT2D eigenvalue weighted by Crippen LogP contribution is -2.41. The van der Waals surface area contributed by atoms with E-state index in [1.54, 1.807) is 0 Å². The van der Waals surface area contributed by atoms with Gasteiger partial charge < -0.3 is 15.2 Å². The van der Waals surface area contributed by atoms with Crippen LogP contribution in [0.2, 0.25) is 0 Å². The van der Waals surface area contributed by atoms with Crippen molar-refractivity contribution in [2.45, 2.75) is 38.1 Å². The standard InChI is InChI=1S/C19H22N2O4/c1-11-3-6-15-13(9-11)14(10-17(20-15)12-4-5-12)18(22)21-16(19(23)24)7-8-25-2/h3,6,9-10,12,16H,4-5,7-8H2,1-2H3,(H,21,22)(H,23,24). The summed E-state index contributed by atoms with van der Waals surface area (Å²) in [6.07, 6.45) is 2.38. The molecule has 0 aliphatic heterocycles. The number of carbonyl (C=O) groups is 2. The molecule has 2 N–H and O–H groups in total. The number of carboxylic acids is 1. The number of ether oxygens (including phenoxy) is 1. The number of pyridine rings is 1. The quantitative estimate of drug-likeness (QED) is 0.807. The van der Waals surface area contributed by atoms with Gasteiger partial charge in [0.2, 0.25) is 0 Å². The Labute approximate surface area is 146 Å². The maximum Gasteiger partial charge on any atom is 0.326 e. The Bertz CT molecular complexity index is 814. The van der Waals surface area contributed by atoms with Crippen LogP contribution >= 0.6 is 0 Å². The molecule has 1 atom stereocenters. The first-order chi connectivity index (χ1) is 12.0. The van der Waals surface area contributed by atoms with Crippen LogP contribution in [0.5, 0.6) is 0 Å². The van der Waals surface area contributed by atoms with Gasteiger partial charge in [0.15, 0.2) is 0 Å². The minimum Gasteiger partial charge on any atom is -0.480 e. The molecular weight excluding hydrogens is 320 g/mol. The third-order valence-corrected chi connectivity index (χ3v) is 4.44. The van der Waals surface area contributed by atoms with Crippen molar-refractivity contribution in [3.8, 4) is 0 Å². The molecule has 1 aliphatic rings. The average molecular weight is 342 g/mol. The second-order valence-corrected chi connectivity index (χ2v) is 6.54. The van der Waals surface area contributed by atoms with Crippen molar-refractivity contribution >= 4 is 22.8 Å². The number of fused-ring (bicyclic) bond motifs is 1. The molecular formula is C19H22N2O4. The topological polar surface area (TPSA) is 88.5 Å². The molecule has 25 heavy (non-hydrogen) atoms. The Kier molecular flexibility index (Phi) is 4.99. The molecule has 0 spiro atoms. The molecule has 3 rings (SSSR count). The van der Waals surface area contributed by atoms with E-state index in [1.807, 2.05) is 31.2 Å². The zero-order valence-corrected chi connectivity index (χ0v) is 14.4. The van der Waals surface area contributed by atoms with Crippen LogP contribution in [0.15, 0.2) is 24.3 Å². The van der Waals surface area contributed by atoms with Crippen LogP contribution in [0, 0.1) is 6.92 Å². The molecule has 1 saturated carbocycles. The summed E-state index contributed by atoms with van der Waals surface area (Å²) < 4.78 is 4.93. The average Bonchev–Trinajstić information content (AvgIpc) is 3.42. The molecule has 1 amide bonds. The van der Waals surface area contributed by atoms with Crippen LogP contribution < -0.4 is 5.32 Å². The molecule has 1 aromatic carbocycles. The van der Waals surface area contributed by atoms with Crippen LogP contribution in [0.1, 0.15) is 46.8 Å². The zero-order valence-electron chi connectivity index (χ0n) is 14.4. The van der Waals surface area contributed by atoms with Crippen molar-refractivity contribution < 1.29 is 19.4 Å². The largest absolute Gasteiger partial charge is 0.480 e. The van der Waals surface area contributed by atoms with E-state index in [0.717, 1.165) is 35.0 Å². The fourth-order valence-corrected chi connectivity index (χ4v) is 2.87. The number of nitrogens with one attached hydrogen (secondary N) is 1. The van der Waals surface area contributed by atoms with Gasteiger partial charge in [0.05, 0.1) is 11.1 Å². The molecule has 1 heterocycles. The van der Waals surface area contributed by atoms with Gasteiger partial charge in [0.25, 0.3) is 5.91 Å². The number of hydrogen-bond donors (Lipinski definition) is 2. The predicted molar refractivity (Wildman–Crippen MR) is 93.8 cm³/mol. The SMILES string of the molecule is COCCC(NC(=O)c1cc(C2CC2)nc2ccc(C)cc12)C(=O)O. The maximum absolute atomic E-state index is 12.8. The highest BCUT2D eigenvalue weighted by Gasteiger charge is 2.28. The first-order valence-electron chi connectivity index (χ1n) is 8.43. The highest BCUT2D eigenvalue weighted by atomic mass is 16.5. The Balaban J connectivity index is 1.96. The molecule has 0 saturated heterocycles. The molecule has 132 valence electrons. The number of aryl methyl sites for hydroxylation is 1. The normalized spacial score (nSPS) is 15.1. The number of aromatic nitrogens is 1. The van der Waals surface area contributed by atoms with E-state index in [0.29, 0.717) is 11.5 Å². The summed E-state index contributed by atoms with van der Waals surface area (Å²) in [6.45, 7) is 2.22. The van der Waals surface area contributed by atoms with E-state index < -0.39 is 12.0 Å². The van der Waals surface area contributed by atoms with E-state index in [9.17, 15) is 14.7 Å². The lowest BCUT2D eigenvalue weighted by atomic mass is 10.0. The van der Waals surface area contributed by atoms with Crippen molar-refractivity contribution in [1.82, 2.24) is 10.3 Å². The number of carbonyl (C=O) groups excluding carboxylic acids is 1. The summed E-state index contributed by atoms with van der Waals surface area (Å²) in [5.74, 6) is -1.05. The number of aliphatic carboxylic acids is 1. The second kappa shape index (κ2) is 7.19. The van der Waals surface area contributed by atoms with Gasteiger partial charge in [-0.1, -0.05) is 11.6 Å². The summed E-state index contributed by atoms with van der Waals surface area (Å²) in [5, 5.41) is 12.7. The van der Waals surface area contributed by atoms with E-state index >= 15 is 0 Å². The monoisotopic (exact) mass is 342 g/mol. The third-order valence-electron chi connectivity index (χ3n) is 4.44. The van der Waals surface area contributed by atoms with E-state index in [1.165, 1.54) is 7.11 Å². The fourth-order valence-electron chi connectivity index (χ4n) is 2.87. The highest BCUT2D eigenvalue weighted by molar-refractivity contribution is 6.07. The molecule has 0 radical (unpaired) electrons. The fraction of sp³-hybridized carbons (Fsp3) is 0.421. The Morgan fingerprint density at radius 3 is 2.76 bits per heavy atom. The van der Waals surface area contributed by atoms with Crippen LogP contribution in [-0.4, -0.2) is 41.7 Å². The van der Waals surface area contributed by atoms with Gasteiger partial charge in [-0.3, -0.25) is 9.78 Å². The Morgan fingerprint density at radius 2 is 2.12 bits per heavy atom. The minimum absolute atomic E-state index is 0.217. The third kappa shape index (κ3) is 3.96. The van der Waals surface area contributed by atoms with Crippen molar-refractivity contribution in [2.75, 3.05) is 13.7 Å². The summed E-state index contributed by atoms with van der Waals surface area (Å²) in [6, 6.07) is 6.62. The summed E-state index contributed by atoms with van der Waals surface area (Å²) in [4.78, 5) is 28.9. The van der Waals surface area contributed by atoms with Crippen molar-refractivity contribution in [3.63, 3.8) is 0 Å². The first kappa shape index (κ1) is 17.4. The molecule has 0 bridgehead atoms.